The van der Waals surface area contributed by atoms with E-state index in [-0.39, 0.29) is 11.5 Å². The van der Waals surface area contributed by atoms with Gasteiger partial charge in [-0.3, -0.25) is 0 Å². The van der Waals surface area contributed by atoms with Gasteiger partial charge in [-0.15, -0.1) is 0 Å². The summed E-state index contributed by atoms with van der Waals surface area (Å²) in [6.07, 6.45) is 0. The lowest BCUT2D eigenvalue weighted by molar-refractivity contribution is 0.475. The molecule has 110 valence electrons. The fourth-order valence-corrected chi connectivity index (χ4v) is 2.34. The molecule has 0 aliphatic heterocycles. The van der Waals surface area contributed by atoms with Gasteiger partial charge in [0.15, 0.2) is 0 Å². The fraction of sp³-hybridized carbons (Fsp3) is 0.0526. The highest BCUT2D eigenvalue weighted by molar-refractivity contribution is 5.76. The smallest absolute Gasteiger partial charge is 0.115 e. The third kappa shape index (κ3) is 2.88. The number of aromatic hydroxyl groups is 2. The van der Waals surface area contributed by atoms with Gasteiger partial charge in [0.2, 0.25) is 0 Å². The molecule has 0 saturated heterocycles. The Hall–Kier alpha value is -2.94. The Morgan fingerprint density at radius 2 is 0.864 bits per heavy atom. The molecular weight excluding hydrogens is 274 g/mol. The second-order valence-electron chi connectivity index (χ2n) is 5.20. The van der Waals surface area contributed by atoms with E-state index in [1.54, 1.807) is 24.3 Å². The average molecular weight is 291 g/mol. The number of anilines is 3. The van der Waals surface area contributed by atoms with Gasteiger partial charge >= 0.3 is 0 Å². The summed E-state index contributed by atoms with van der Waals surface area (Å²) in [6.45, 7) is 2.05. The summed E-state index contributed by atoms with van der Waals surface area (Å²) in [6, 6.07) is 22.3. The van der Waals surface area contributed by atoms with Crippen molar-refractivity contribution in [3.8, 4) is 11.5 Å². The Bertz CT molecular complexity index is 639. The lowest BCUT2D eigenvalue weighted by atomic mass is 10.1. The molecular formula is C19H17NO2. The van der Waals surface area contributed by atoms with E-state index in [2.05, 4.69) is 36.1 Å². The summed E-state index contributed by atoms with van der Waals surface area (Å²) in [5, 5.41) is 19.0. The highest BCUT2D eigenvalue weighted by Gasteiger charge is 2.12. The monoisotopic (exact) mass is 291 g/mol. The zero-order chi connectivity index (χ0) is 15.5. The Kier molecular flexibility index (Phi) is 3.71. The molecule has 0 unspecified atom stereocenters. The molecule has 0 aliphatic carbocycles. The standard InChI is InChI=1S/C19H17NO2/c1-14-2-4-15(5-3-14)20(16-6-10-18(21)11-7-16)17-8-12-19(22)13-9-17/h2-13,21-22H,1H3. The molecule has 3 nitrogen and oxygen atoms in total. The van der Waals surface area contributed by atoms with Crippen molar-refractivity contribution < 1.29 is 10.2 Å². The molecule has 0 radical (unpaired) electrons. The molecule has 0 fully saturated rings. The lowest BCUT2D eigenvalue weighted by Gasteiger charge is -2.25. The van der Waals surface area contributed by atoms with E-state index in [0.717, 1.165) is 17.1 Å². The van der Waals surface area contributed by atoms with Crippen LogP contribution in [0.1, 0.15) is 5.56 Å². The van der Waals surface area contributed by atoms with Crippen LogP contribution in [-0.4, -0.2) is 10.2 Å². The van der Waals surface area contributed by atoms with Crippen molar-refractivity contribution in [1.82, 2.24) is 0 Å². The molecule has 0 atom stereocenters. The first-order valence-corrected chi connectivity index (χ1v) is 7.08. The molecule has 0 amide bonds. The number of phenolic OH excluding ortho intramolecular Hbond substituents is 2. The van der Waals surface area contributed by atoms with Crippen LogP contribution in [0.5, 0.6) is 11.5 Å². The maximum Gasteiger partial charge on any atom is 0.115 e. The molecule has 0 spiro atoms. The molecule has 0 bridgehead atoms. The van der Waals surface area contributed by atoms with E-state index >= 15 is 0 Å². The summed E-state index contributed by atoms with van der Waals surface area (Å²) in [4.78, 5) is 2.07. The van der Waals surface area contributed by atoms with Crippen LogP contribution in [0.4, 0.5) is 17.1 Å². The highest BCUT2D eigenvalue weighted by atomic mass is 16.3. The SMILES string of the molecule is Cc1ccc(N(c2ccc(O)cc2)c2ccc(O)cc2)cc1. The first-order valence-electron chi connectivity index (χ1n) is 7.08. The van der Waals surface area contributed by atoms with Gasteiger partial charge in [0.25, 0.3) is 0 Å². The van der Waals surface area contributed by atoms with Crippen molar-refractivity contribution in [2.24, 2.45) is 0 Å². The van der Waals surface area contributed by atoms with E-state index in [1.165, 1.54) is 5.56 Å². The summed E-state index contributed by atoms with van der Waals surface area (Å²) in [5.74, 6) is 0.469. The maximum atomic E-state index is 9.50. The van der Waals surface area contributed by atoms with Crippen molar-refractivity contribution in [3.05, 3.63) is 78.4 Å². The first-order chi connectivity index (χ1) is 10.6. The van der Waals surface area contributed by atoms with Crippen LogP contribution in [0, 0.1) is 6.92 Å². The number of phenols is 2. The Morgan fingerprint density at radius 3 is 1.23 bits per heavy atom. The zero-order valence-corrected chi connectivity index (χ0v) is 12.3. The van der Waals surface area contributed by atoms with Crippen molar-refractivity contribution in [1.29, 1.82) is 0 Å². The van der Waals surface area contributed by atoms with E-state index in [1.807, 2.05) is 24.3 Å². The molecule has 2 N–H and O–H groups in total. The minimum absolute atomic E-state index is 0.235. The number of benzene rings is 3. The van der Waals surface area contributed by atoms with Crippen molar-refractivity contribution in [2.75, 3.05) is 4.90 Å². The van der Waals surface area contributed by atoms with Crippen LogP contribution in [0.15, 0.2) is 72.8 Å². The average Bonchev–Trinajstić information content (AvgIpc) is 2.53. The van der Waals surface area contributed by atoms with Gasteiger partial charge in [0.05, 0.1) is 0 Å². The highest BCUT2D eigenvalue weighted by Crippen LogP contribution is 2.35. The van der Waals surface area contributed by atoms with Gasteiger partial charge in [-0.25, -0.2) is 0 Å². The number of aryl methyl sites for hydroxylation is 1. The second-order valence-corrected chi connectivity index (χ2v) is 5.20. The van der Waals surface area contributed by atoms with E-state index in [9.17, 15) is 10.2 Å². The second kappa shape index (κ2) is 5.82. The van der Waals surface area contributed by atoms with Crippen LogP contribution in [0.2, 0.25) is 0 Å². The number of rotatable bonds is 3. The van der Waals surface area contributed by atoms with Gasteiger partial charge in [-0.2, -0.15) is 0 Å². The third-order valence-electron chi connectivity index (χ3n) is 3.51. The summed E-state index contributed by atoms with van der Waals surface area (Å²) in [5.41, 5.74) is 4.08. The normalized spacial score (nSPS) is 10.4. The largest absolute Gasteiger partial charge is 0.508 e. The molecule has 3 rings (SSSR count). The van der Waals surface area contributed by atoms with Crippen LogP contribution >= 0.6 is 0 Å². The van der Waals surface area contributed by atoms with Crippen LogP contribution in [-0.2, 0) is 0 Å². The molecule has 0 saturated carbocycles. The van der Waals surface area contributed by atoms with Crippen molar-refractivity contribution >= 4 is 17.1 Å². The minimum Gasteiger partial charge on any atom is -0.508 e. The number of hydrogen-bond donors (Lipinski definition) is 2. The topological polar surface area (TPSA) is 43.7 Å². The molecule has 3 aromatic rings. The molecule has 22 heavy (non-hydrogen) atoms. The van der Waals surface area contributed by atoms with Crippen LogP contribution < -0.4 is 4.90 Å². The fourth-order valence-electron chi connectivity index (χ4n) is 2.34. The first kappa shape index (κ1) is 14.0. The van der Waals surface area contributed by atoms with E-state index < -0.39 is 0 Å². The molecule has 0 aliphatic rings. The third-order valence-corrected chi connectivity index (χ3v) is 3.51. The summed E-state index contributed by atoms with van der Waals surface area (Å²) in [7, 11) is 0. The molecule has 3 aromatic carbocycles. The maximum absolute atomic E-state index is 9.50. The van der Waals surface area contributed by atoms with Crippen LogP contribution in [0.25, 0.3) is 0 Å². The minimum atomic E-state index is 0.235. The van der Waals surface area contributed by atoms with E-state index in [0.29, 0.717) is 0 Å². The Balaban J connectivity index is 2.10. The van der Waals surface area contributed by atoms with Gasteiger partial charge in [-0.1, -0.05) is 17.7 Å². The Morgan fingerprint density at radius 1 is 0.545 bits per heavy atom. The quantitative estimate of drug-likeness (QED) is 0.723. The van der Waals surface area contributed by atoms with Crippen molar-refractivity contribution in [2.45, 2.75) is 6.92 Å². The lowest BCUT2D eigenvalue weighted by Crippen LogP contribution is -2.09. The van der Waals surface area contributed by atoms with Crippen LogP contribution in [0.3, 0.4) is 0 Å². The predicted molar refractivity (Wildman–Crippen MR) is 89.2 cm³/mol. The number of nitrogens with zero attached hydrogens (tertiary/aromatic N) is 1. The Labute approximate surface area is 129 Å². The van der Waals surface area contributed by atoms with Crippen molar-refractivity contribution in [3.63, 3.8) is 0 Å². The van der Waals surface area contributed by atoms with Gasteiger partial charge in [0.1, 0.15) is 11.5 Å². The van der Waals surface area contributed by atoms with Gasteiger partial charge < -0.3 is 15.1 Å². The van der Waals surface area contributed by atoms with Gasteiger partial charge in [0, 0.05) is 17.1 Å². The van der Waals surface area contributed by atoms with Gasteiger partial charge in [-0.05, 0) is 67.6 Å². The molecule has 0 aromatic heterocycles. The summed E-state index contributed by atoms with van der Waals surface area (Å²) < 4.78 is 0. The number of hydrogen-bond acceptors (Lipinski definition) is 3. The molecule has 3 heteroatoms. The molecule has 0 heterocycles. The summed E-state index contributed by atoms with van der Waals surface area (Å²) >= 11 is 0. The predicted octanol–water partition coefficient (Wildman–Crippen LogP) is 4.88. The van der Waals surface area contributed by atoms with E-state index in [4.69, 9.17) is 0 Å². The zero-order valence-electron chi connectivity index (χ0n) is 12.3.